The lowest BCUT2D eigenvalue weighted by Crippen LogP contribution is -2.51. The number of carbonyl (C=O) groups excluding carboxylic acids is 1. The Morgan fingerprint density at radius 3 is 3.00 bits per heavy atom. The van der Waals surface area contributed by atoms with Crippen molar-refractivity contribution in [2.24, 2.45) is 0 Å². The normalized spacial score (nSPS) is 19.4. The predicted molar refractivity (Wildman–Crippen MR) is 69.2 cm³/mol. The first-order valence-electron chi connectivity index (χ1n) is 6.54. The molecule has 0 spiro atoms. The Balaban J connectivity index is 2.13. The predicted octanol–water partition coefficient (Wildman–Crippen LogP) is 1.46. The molecule has 0 saturated carbocycles. The van der Waals surface area contributed by atoms with Crippen LogP contribution in [-0.4, -0.2) is 54.3 Å². The quantitative estimate of drug-likeness (QED) is 0.918. The zero-order valence-corrected chi connectivity index (χ0v) is 11.5. The Morgan fingerprint density at radius 2 is 2.33 bits per heavy atom. The number of rotatable bonds is 3. The number of nitrogens with zero attached hydrogens (tertiary/aromatic N) is 2. The van der Waals surface area contributed by atoms with E-state index in [2.05, 4.69) is 15.0 Å². The van der Waals surface area contributed by atoms with Crippen LogP contribution >= 0.6 is 0 Å². The van der Waals surface area contributed by atoms with Gasteiger partial charge in [-0.3, -0.25) is 4.79 Å². The minimum atomic E-state index is -4.46. The molecule has 2 heterocycles. The summed E-state index contributed by atoms with van der Waals surface area (Å²) in [4.78, 5) is 17.8. The monoisotopic (exact) mass is 303 g/mol. The van der Waals surface area contributed by atoms with Crippen molar-refractivity contribution < 1.29 is 22.7 Å². The second-order valence-corrected chi connectivity index (χ2v) is 4.86. The van der Waals surface area contributed by atoms with E-state index in [1.165, 1.54) is 18.3 Å². The van der Waals surface area contributed by atoms with Gasteiger partial charge in [-0.2, -0.15) is 13.2 Å². The number of carbonyl (C=O) groups is 1. The number of hydrogen-bond acceptors (Lipinski definition) is 4. The number of ether oxygens (including phenoxy) is 1. The van der Waals surface area contributed by atoms with Gasteiger partial charge in [0.15, 0.2) is 18.1 Å². The van der Waals surface area contributed by atoms with Gasteiger partial charge in [-0.05, 0) is 19.1 Å². The lowest BCUT2D eigenvalue weighted by molar-refractivity contribution is -0.153. The van der Waals surface area contributed by atoms with Gasteiger partial charge in [0.2, 0.25) is 0 Å². The molecule has 2 rings (SSSR count). The summed E-state index contributed by atoms with van der Waals surface area (Å²) >= 11 is 0. The van der Waals surface area contributed by atoms with E-state index in [1.807, 2.05) is 6.92 Å². The first-order valence-corrected chi connectivity index (χ1v) is 6.54. The maximum absolute atomic E-state index is 12.4. The lowest BCUT2D eigenvalue weighted by Gasteiger charge is -2.31. The largest absolute Gasteiger partial charge is 0.482 e. The fourth-order valence-electron chi connectivity index (χ4n) is 2.09. The first-order chi connectivity index (χ1) is 9.87. The van der Waals surface area contributed by atoms with Gasteiger partial charge < -0.3 is 15.0 Å². The molecule has 0 bridgehead atoms. The van der Waals surface area contributed by atoms with Crippen molar-refractivity contribution in [1.29, 1.82) is 0 Å². The smallest absolute Gasteiger partial charge is 0.422 e. The summed E-state index contributed by atoms with van der Waals surface area (Å²) in [6.45, 7) is 2.08. The van der Waals surface area contributed by atoms with Crippen LogP contribution in [0.15, 0.2) is 18.3 Å². The van der Waals surface area contributed by atoms with Gasteiger partial charge in [-0.1, -0.05) is 0 Å². The molecule has 116 valence electrons. The van der Waals surface area contributed by atoms with E-state index >= 15 is 0 Å². The molecular weight excluding hydrogens is 287 g/mol. The van der Waals surface area contributed by atoms with Crippen molar-refractivity contribution in [3.63, 3.8) is 0 Å². The Morgan fingerprint density at radius 1 is 1.57 bits per heavy atom. The van der Waals surface area contributed by atoms with Crippen LogP contribution in [0.2, 0.25) is 0 Å². The molecular formula is C13H16F3N3O2. The van der Waals surface area contributed by atoms with Gasteiger partial charge in [0, 0.05) is 31.9 Å². The van der Waals surface area contributed by atoms with Crippen molar-refractivity contribution in [3.8, 4) is 5.75 Å². The molecule has 5 nitrogen and oxygen atoms in total. The van der Waals surface area contributed by atoms with Crippen LogP contribution in [0.4, 0.5) is 13.2 Å². The topological polar surface area (TPSA) is 54.5 Å². The van der Waals surface area contributed by atoms with E-state index in [0.29, 0.717) is 19.6 Å². The minimum absolute atomic E-state index is 0.0872. The summed E-state index contributed by atoms with van der Waals surface area (Å²) in [5.41, 5.74) is -0.0872. The van der Waals surface area contributed by atoms with Crippen molar-refractivity contribution in [1.82, 2.24) is 15.2 Å². The average molecular weight is 303 g/mol. The molecule has 1 fully saturated rings. The van der Waals surface area contributed by atoms with Crippen molar-refractivity contribution in [3.05, 3.63) is 24.0 Å². The third-order valence-corrected chi connectivity index (χ3v) is 3.02. The van der Waals surface area contributed by atoms with E-state index in [4.69, 9.17) is 0 Å². The molecule has 0 aromatic carbocycles. The highest BCUT2D eigenvalue weighted by molar-refractivity contribution is 5.95. The zero-order chi connectivity index (χ0) is 15.5. The van der Waals surface area contributed by atoms with Crippen LogP contribution in [0.3, 0.4) is 0 Å². The number of hydrogen-bond donors (Lipinski definition) is 1. The molecule has 21 heavy (non-hydrogen) atoms. The van der Waals surface area contributed by atoms with Crippen molar-refractivity contribution in [2.75, 3.05) is 26.2 Å². The van der Waals surface area contributed by atoms with Crippen LogP contribution in [0.25, 0.3) is 0 Å². The third kappa shape index (κ3) is 4.32. The van der Waals surface area contributed by atoms with Gasteiger partial charge in [0.05, 0.1) is 0 Å². The van der Waals surface area contributed by atoms with Gasteiger partial charge in [0.1, 0.15) is 0 Å². The SMILES string of the molecule is C[C@H]1CN(C(=O)c2ncccc2OCC(F)(F)F)CCN1. The van der Waals surface area contributed by atoms with Crippen LogP contribution in [0.5, 0.6) is 5.75 Å². The molecule has 0 unspecified atom stereocenters. The number of aromatic nitrogens is 1. The molecule has 1 atom stereocenters. The van der Waals surface area contributed by atoms with Gasteiger partial charge in [0.25, 0.3) is 5.91 Å². The highest BCUT2D eigenvalue weighted by Crippen LogP contribution is 2.22. The second kappa shape index (κ2) is 6.30. The number of halogens is 3. The fraction of sp³-hybridized carbons (Fsp3) is 0.538. The molecule has 1 aromatic heterocycles. The number of pyridine rings is 1. The van der Waals surface area contributed by atoms with Crippen molar-refractivity contribution >= 4 is 5.91 Å². The summed E-state index contributed by atoms with van der Waals surface area (Å²) in [6.07, 6.45) is -3.10. The van der Waals surface area contributed by atoms with Gasteiger partial charge >= 0.3 is 6.18 Å². The van der Waals surface area contributed by atoms with Crippen LogP contribution in [-0.2, 0) is 0 Å². The number of piperazine rings is 1. The van der Waals surface area contributed by atoms with Gasteiger partial charge in [-0.15, -0.1) is 0 Å². The lowest BCUT2D eigenvalue weighted by atomic mass is 10.2. The standard InChI is InChI=1S/C13H16F3N3O2/c1-9-7-19(6-5-17-9)12(20)11-10(3-2-4-18-11)21-8-13(14,15)16/h2-4,9,17H,5-8H2,1H3/t9-/m0/s1. The molecule has 1 N–H and O–H groups in total. The summed E-state index contributed by atoms with van der Waals surface area (Å²) < 4.78 is 41.4. The third-order valence-electron chi connectivity index (χ3n) is 3.02. The highest BCUT2D eigenvalue weighted by atomic mass is 19.4. The molecule has 1 aliphatic heterocycles. The summed E-state index contributed by atoms with van der Waals surface area (Å²) in [6, 6.07) is 2.88. The Bertz CT molecular complexity index is 508. The number of alkyl halides is 3. The Hall–Kier alpha value is -1.83. The molecule has 0 radical (unpaired) electrons. The number of amides is 1. The average Bonchev–Trinajstić information content (AvgIpc) is 2.44. The molecule has 1 amide bonds. The highest BCUT2D eigenvalue weighted by Gasteiger charge is 2.30. The van der Waals surface area contributed by atoms with Crippen molar-refractivity contribution in [2.45, 2.75) is 19.1 Å². The van der Waals surface area contributed by atoms with E-state index in [0.717, 1.165) is 0 Å². The maximum Gasteiger partial charge on any atom is 0.422 e. The Labute approximate surface area is 120 Å². The molecule has 0 aliphatic carbocycles. The fourth-order valence-corrected chi connectivity index (χ4v) is 2.09. The van der Waals surface area contributed by atoms with Gasteiger partial charge in [-0.25, -0.2) is 4.98 Å². The molecule has 1 aliphatic rings. The summed E-state index contributed by atoms with van der Waals surface area (Å²) in [7, 11) is 0. The van der Waals surface area contributed by atoms with E-state index in [-0.39, 0.29) is 17.5 Å². The van der Waals surface area contributed by atoms with Crippen LogP contribution in [0, 0.1) is 0 Å². The Kier molecular flexibility index (Phi) is 4.66. The molecule has 8 heteroatoms. The first kappa shape index (κ1) is 15.6. The van der Waals surface area contributed by atoms with E-state index < -0.39 is 18.7 Å². The zero-order valence-electron chi connectivity index (χ0n) is 11.5. The molecule has 1 aromatic rings. The van der Waals surface area contributed by atoms with E-state index in [1.54, 1.807) is 4.90 Å². The second-order valence-electron chi connectivity index (χ2n) is 4.86. The van der Waals surface area contributed by atoms with Crippen LogP contribution in [0.1, 0.15) is 17.4 Å². The molecule has 1 saturated heterocycles. The van der Waals surface area contributed by atoms with Crippen LogP contribution < -0.4 is 10.1 Å². The minimum Gasteiger partial charge on any atom is -0.482 e. The van der Waals surface area contributed by atoms with E-state index in [9.17, 15) is 18.0 Å². The maximum atomic E-state index is 12.4. The number of nitrogens with one attached hydrogen (secondary N) is 1. The summed E-state index contributed by atoms with van der Waals surface area (Å²) in [5.74, 6) is -0.563. The summed E-state index contributed by atoms with van der Waals surface area (Å²) in [5, 5.41) is 3.18.